The molecule has 0 aromatic carbocycles. The van der Waals surface area contributed by atoms with Crippen molar-refractivity contribution in [2.24, 2.45) is 0 Å². The summed E-state index contributed by atoms with van der Waals surface area (Å²) in [5, 5.41) is 6.45. The van der Waals surface area contributed by atoms with Crippen molar-refractivity contribution in [1.82, 2.24) is 14.4 Å². The molecule has 2 aromatic heterocycles. The minimum absolute atomic E-state index is 0.141. The van der Waals surface area contributed by atoms with Gasteiger partial charge in [-0.3, -0.25) is 0 Å². The molecule has 0 aliphatic heterocycles. The Balaban J connectivity index is 2.30. The molecular weight excluding hydrogens is 286 g/mol. The predicted octanol–water partition coefficient (Wildman–Crippen LogP) is 1.88. The molecule has 2 rings (SSSR count). The van der Waals surface area contributed by atoms with E-state index in [1.54, 1.807) is 13.8 Å². The summed E-state index contributed by atoms with van der Waals surface area (Å²) < 4.78 is 31.1. The Morgan fingerprint density at radius 1 is 1.37 bits per heavy atom. The minimum atomic E-state index is -3.60. The number of hydrogen-bond donors (Lipinski definition) is 0. The maximum absolute atomic E-state index is 12.4. The van der Waals surface area contributed by atoms with Crippen LogP contribution in [0.25, 0.3) is 0 Å². The van der Waals surface area contributed by atoms with E-state index in [-0.39, 0.29) is 11.4 Å². The summed E-state index contributed by atoms with van der Waals surface area (Å²) in [6.45, 7) is 5.33. The molecular formula is C11H15N3O3S2. The third-order valence-corrected chi connectivity index (χ3v) is 5.56. The Morgan fingerprint density at radius 3 is 2.53 bits per heavy atom. The second-order valence-corrected chi connectivity index (χ2v) is 7.32. The molecule has 19 heavy (non-hydrogen) atoms. The van der Waals surface area contributed by atoms with Crippen molar-refractivity contribution in [2.75, 3.05) is 7.05 Å². The molecule has 2 aromatic rings. The first kappa shape index (κ1) is 14.2. The number of hydrogen-bond acceptors (Lipinski definition) is 6. The van der Waals surface area contributed by atoms with Gasteiger partial charge in [0.15, 0.2) is 5.76 Å². The molecule has 0 aliphatic carbocycles. The van der Waals surface area contributed by atoms with Gasteiger partial charge in [0, 0.05) is 12.4 Å². The molecule has 0 unspecified atom stereocenters. The van der Waals surface area contributed by atoms with E-state index in [1.807, 2.05) is 12.3 Å². The average Bonchev–Trinajstić information content (AvgIpc) is 2.85. The Kier molecular flexibility index (Phi) is 3.75. The van der Waals surface area contributed by atoms with Crippen molar-refractivity contribution in [3.05, 3.63) is 27.5 Å². The maximum Gasteiger partial charge on any atom is 0.248 e. The Bertz CT molecular complexity index is 668. The van der Waals surface area contributed by atoms with E-state index in [2.05, 4.69) is 10.1 Å². The second-order valence-electron chi connectivity index (χ2n) is 4.27. The van der Waals surface area contributed by atoms with Gasteiger partial charge in [-0.1, -0.05) is 5.16 Å². The van der Waals surface area contributed by atoms with Crippen molar-refractivity contribution in [3.63, 3.8) is 0 Å². The molecule has 6 nitrogen and oxygen atoms in total. The first-order chi connectivity index (χ1) is 8.82. The topological polar surface area (TPSA) is 76.3 Å². The van der Waals surface area contributed by atoms with Crippen LogP contribution in [0.4, 0.5) is 0 Å². The quantitative estimate of drug-likeness (QED) is 0.861. The summed E-state index contributed by atoms with van der Waals surface area (Å²) in [5.74, 6) is 0.304. The number of thiazole rings is 1. The van der Waals surface area contributed by atoms with Gasteiger partial charge in [-0.05, 0) is 20.8 Å². The van der Waals surface area contributed by atoms with Crippen LogP contribution in [0, 0.1) is 20.8 Å². The highest BCUT2D eigenvalue weighted by Gasteiger charge is 2.28. The zero-order chi connectivity index (χ0) is 14.2. The van der Waals surface area contributed by atoms with Gasteiger partial charge in [0.25, 0.3) is 0 Å². The van der Waals surface area contributed by atoms with Crippen molar-refractivity contribution in [3.8, 4) is 0 Å². The predicted molar refractivity (Wildman–Crippen MR) is 71.5 cm³/mol. The summed E-state index contributed by atoms with van der Waals surface area (Å²) in [7, 11) is -2.08. The zero-order valence-corrected chi connectivity index (χ0v) is 12.8. The standard InChI is InChI=1S/C11H15N3O3S2/c1-7-11(8(2)17-13-7)19(15,16)14(4)5-10-6-18-9(3)12-10/h6H,5H2,1-4H3. The summed E-state index contributed by atoms with van der Waals surface area (Å²) in [4.78, 5) is 4.40. The van der Waals surface area contributed by atoms with Gasteiger partial charge in [0.2, 0.25) is 10.0 Å². The SMILES string of the molecule is Cc1nc(CN(C)S(=O)(=O)c2c(C)noc2C)cs1. The molecule has 8 heteroatoms. The van der Waals surface area contributed by atoms with Gasteiger partial charge in [-0.2, -0.15) is 4.31 Å². The van der Waals surface area contributed by atoms with Crippen LogP contribution in [0.15, 0.2) is 14.8 Å². The Labute approximate surface area is 116 Å². The maximum atomic E-state index is 12.4. The third-order valence-electron chi connectivity index (χ3n) is 2.69. The number of rotatable bonds is 4. The Hall–Kier alpha value is -1.25. The summed E-state index contributed by atoms with van der Waals surface area (Å²) in [6.07, 6.45) is 0. The van der Waals surface area contributed by atoms with Crippen LogP contribution in [0.3, 0.4) is 0 Å². The number of aromatic nitrogens is 2. The normalized spacial score (nSPS) is 12.3. The highest BCUT2D eigenvalue weighted by Crippen LogP contribution is 2.23. The van der Waals surface area contributed by atoms with Crippen LogP contribution in [-0.2, 0) is 16.6 Å². The molecule has 0 spiro atoms. The highest BCUT2D eigenvalue weighted by atomic mass is 32.2. The summed E-state index contributed by atoms with van der Waals surface area (Å²) in [5.41, 5.74) is 1.11. The molecule has 0 amide bonds. The lowest BCUT2D eigenvalue weighted by molar-refractivity contribution is 0.389. The van der Waals surface area contributed by atoms with Gasteiger partial charge in [0.05, 0.1) is 17.2 Å². The van der Waals surface area contributed by atoms with Crippen molar-refractivity contribution >= 4 is 21.4 Å². The number of sulfonamides is 1. The fourth-order valence-corrected chi connectivity index (χ4v) is 3.82. The molecule has 104 valence electrons. The van der Waals surface area contributed by atoms with Gasteiger partial charge >= 0.3 is 0 Å². The van der Waals surface area contributed by atoms with Crippen LogP contribution < -0.4 is 0 Å². The van der Waals surface area contributed by atoms with E-state index in [4.69, 9.17) is 4.52 Å². The van der Waals surface area contributed by atoms with E-state index >= 15 is 0 Å². The van der Waals surface area contributed by atoms with E-state index in [9.17, 15) is 8.42 Å². The second kappa shape index (κ2) is 5.03. The summed E-state index contributed by atoms with van der Waals surface area (Å²) in [6, 6.07) is 0. The van der Waals surface area contributed by atoms with Gasteiger partial charge < -0.3 is 4.52 Å². The molecule has 0 atom stereocenters. The van der Waals surface area contributed by atoms with Crippen LogP contribution in [0.5, 0.6) is 0 Å². The molecule has 0 fully saturated rings. The van der Waals surface area contributed by atoms with Gasteiger partial charge in [-0.25, -0.2) is 13.4 Å². The van der Waals surface area contributed by atoms with E-state index in [0.29, 0.717) is 11.5 Å². The van der Waals surface area contributed by atoms with Crippen LogP contribution >= 0.6 is 11.3 Å². The minimum Gasteiger partial charge on any atom is -0.360 e. The molecule has 2 heterocycles. The van der Waals surface area contributed by atoms with E-state index in [1.165, 1.54) is 22.7 Å². The van der Waals surface area contributed by atoms with Gasteiger partial charge in [0.1, 0.15) is 10.6 Å². The number of aryl methyl sites for hydroxylation is 3. The number of nitrogens with zero attached hydrogens (tertiary/aromatic N) is 3. The van der Waals surface area contributed by atoms with Crippen molar-refractivity contribution in [1.29, 1.82) is 0 Å². The lowest BCUT2D eigenvalue weighted by atomic mass is 10.4. The lowest BCUT2D eigenvalue weighted by Crippen LogP contribution is -2.27. The van der Waals surface area contributed by atoms with Crippen LogP contribution in [0.1, 0.15) is 22.2 Å². The van der Waals surface area contributed by atoms with Gasteiger partial charge in [-0.15, -0.1) is 11.3 Å². The van der Waals surface area contributed by atoms with Crippen molar-refractivity contribution in [2.45, 2.75) is 32.2 Å². The third kappa shape index (κ3) is 2.70. The first-order valence-electron chi connectivity index (χ1n) is 5.62. The van der Waals surface area contributed by atoms with Crippen LogP contribution in [-0.4, -0.2) is 29.9 Å². The summed E-state index contributed by atoms with van der Waals surface area (Å²) >= 11 is 1.50. The lowest BCUT2D eigenvalue weighted by Gasteiger charge is -2.15. The van der Waals surface area contributed by atoms with E-state index < -0.39 is 10.0 Å². The largest absolute Gasteiger partial charge is 0.360 e. The fourth-order valence-electron chi connectivity index (χ4n) is 1.79. The van der Waals surface area contributed by atoms with Crippen molar-refractivity contribution < 1.29 is 12.9 Å². The molecule has 0 N–H and O–H groups in total. The molecule has 0 saturated heterocycles. The van der Waals surface area contributed by atoms with Crippen LogP contribution in [0.2, 0.25) is 0 Å². The van der Waals surface area contributed by atoms with E-state index in [0.717, 1.165) is 10.7 Å². The first-order valence-corrected chi connectivity index (χ1v) is 7.94. The Morgan fingerprint density at radius 2 is 2.05 bits per heavy atom. The molecule has 0 saturated carbocycles. The zero-order valence-electron chi connectivity index (χ0n) is 11.2. The monoisotopic (exact) mass is 301 g/mol. The smallest absolute Gasteiger partial charge is 0.248 e. The fraction of sp³-hybridized carbons (Fsp3) is 0.455. The average molecular weight is 301 g/mol. The molecule has 0 bridgehead atoms. The molecule has 0 radical (unpaired) electrons. The molecule has 0 aliphatic rings. The highest BCUT2D eigenvalue weighted by molar-refractivity contribution is 7.89.